The number of hydrogen-bond donors (Lipinski definition) is 1. The molecular weight excluding hydrogens is 320 g/mol. The summed E-state index contributed by atoms with van der Waals surface area (Å²) in [6.45, 7) is 7.47. The van der Waals surface area contributed by atoms with Gasteiger partial charge in [0.05, 0.1) is 6.61 Å². The summed E-state index contributed by atoms with van der Waals surface area (Å²) in [6, 6.07) is 0. The van der Waals surface area contributed by atoms with Gasteiger partial charge in [0.2, 0.25) is 0 Å². The van der Waals surface area contributed by atoms with Crippen molar-refractivity contribution in [2.24, 2.45) is 5.92 Å². The SMILES string of the molecule is CCOC(=O)c1[nH]nc(C(=O)OC(C)(C)C)c1CCC1CCCCC1. The summed E-state index contributed by atoms with van der Waals surface area (Å²) >= 11 is 0. The van der Waals surface area contributed by atoms with Crippen molar-refractivity contribution >= 4 is 11.9 Å². The average Bonchev–Trinajstić information content (AvgIpc) is 2.96. The lowest BCUT2D eigenvalue weighted by atomic mass is 9.85. The predicted octanol–water partition coefficient (Wildman–Crippen LogP) is 4.05. The molecule has 0 atom stereocenters. The minimum Gasteiger partial charge on any atom is -0.461 e. The number of esters is 2. The van der Waals surface area contributed by atoms with Crippen molar-refractivity contribution in [1.82, 2.24) is 10.2 Å². The van der Waals surface area contributed by atoms with Crippen LogP contribution in [0.25, 0.3) is 0 Å². The van der Waals surface area contributed by atoms with Gasteiger partial charge in [-0.05, 0) is 46.5 Å². The molecule has 1 N–H and O–H groups in total. The van der Waals surface area contributed by atoms with Crippen LogP contribution in [0.1, 0.15) is 92.8 Å². The predicted molar refractivity (Wildman–Crippen MR) is 94.6 cm³/mol. The molecule has 2 rings (SSSR count). The van der Waals surface area contributed by atoms with Crippen LogP contribution in [0.3, 0.4) is 0 Å². The molecule has 0 aliphatic heterocycles. The third-order valence-corrected chi connectivity index (χ3v) is 4.47. The van der Waals surface area contributed by atoms with Crippen LogP contribution >= 0.6 is 0 Å². The molecule has 140 valence electrons. The maximum absolute atomic E-state index is 12.5. The van der Waals surface area contributed by atoms with Crippen LogP contribution in [0, 0.1) is 5.92 Å². The molecule has 1 aliphatic rings. The van der Waals surface area contributed by atoms with Crippen LogP contribution in [0.2, 0.25) is 0 Å². The molecule has 6 nitrogen and oxygen atoms in total. The molecule has 25 heavy (non-hydrogen) atoms. The van der Waals surface area contributed by atoms with Crippen LogP contribution in [-0.2, 0) is 15.9 Å². The van der Waals surface area contributed by atoms with E-state index in [0.717, 1.165) is 6.42 Å². The van der Waals surface area contributed by atoms with Crippen molar-refractivity contribution in [3.8, 4) is 0 Å². The van der Waals surface area contributed by atoms with Crippen LogP contribution < -0.4 is 0 Å². The monoisotopic (exact) mass is 350 g/mol. The molecule has 0 radical (unpaired) electrons. The van der Waals surface area contributed by atoms with E-state index < -0.39 is 17.5 Å². The molecule has 1 fully saturated rings. The first kappa shape index (κ1) is 19.5. The molecule has 0 unspecified atom stereocenters. The summed E-state index contributed by atoms with van der Waals surface area (Å²) in [5.41, 5.74) is 0.492. The zero-order chi connectivity index (χ0) is 18.4. The van der Waals surface area contributed by atoms with Gasteiger partial charge in [0.1, 0.15) is 11.3 Å². The minimum absolute atomic E-state index is 0.203. The number of hydrogen-bond acceptors (Lipinski definition) is 5. The normalized spacial score (nSPS) is 15.8. The first-order valence-corrected chi connectivity index (χ1v) is 9.29. The number of aromatic nitrogens is 2. The number of H-pyrrole nitrogens is 1. The van der Waals surface area contributed by atoms with Gasteiger partial charge in [-0.15, -0.1) is 0 Å². The lowest BCUT2D eigenvalue weighted by Crippen LogP contribution is -2.25. The number of nitrogens with zero attached hydrogens (tertiary/aromatic N) is 1. The molecule has 1 saturated carbocycles. The van der Waals surface area contributed by atoms with Gasteiger partial charge >= 0.3 is 11.9 Å². The van der Waals surface area contributed by atoms with E-state index in [1.165, 1.54) is 32.1 Å². The Morgan fingerprint density at radius 2 is 1.84 bits per heavy atom. The third-order valence-electron chi connectivity index (χ3n) is 4.47. The van der Waals surface area contributed by atoms with Gasteiger partial charge in [-0.3, -0.25) is 5.10 Å². The quantitative estimate of drug-likeness (QED) is 0.783. The average molecular weight is 350 g/mol. The second-order valence-corrected chi connectivity index (χ2v) is 7.69. The highest BCUT2D eigenvalue weighted by atomic mass is 16.6. The number of aromatic amines is 1. The molecule has 1 aliphatic carbocycles. The molecule has 0 aromatic carbocycles. The molecule has 0 amide bonds. The van der Waals surface area contributed by atoms with Crippen molar-refractivity contribution in [3.63, 3.8) is 0 Å². The molecule has 1 heterocycles. The Hall–Kier alpha value is -1.85. The standard InChI is InChI=1S/C19H30N2O4/c1-5-24-17(22)15-14(12-11-13-9-7-6-8-10-13)16(21-20-15)18(23)25-19(2,3)4/h13H,5-12H2,1-4H3,(H,20,21). The Kier molecular flexibility index (Phi) is 6.62. The Morgan fingerprint density at radius 3 is 2.44 bits per heavy atom. The molecule has 0 bridgehead atoms. The lowest BCUT2D eigenvalue weighted by molar-refractivity contribution is 0.00614. The maximum atomic E-state index is 12.5. The van der Waals surface area contributed by atoms with E-state index in [1.54, 1.807) is 6.92 Å². The lowest BCUT2D eigenvalue weighted by Gasteiger charge is -2.22. The summed E-state index contributed by atoms with van der Waals surface area (Å²) < 4.78 is 10.5. The van der Waals surface area contributed by atoms with Gasteiger partial charge in [0, 0.05) is 5.56 Å². The Bertz CT molecular complexity index is 595. The van der Waals surface area contributed by atoms with E-state index in [0.29, 0.717) is 17.9 Å². The van der Waals surface area contributed by atoms with Crippen LogP contribution in [0.4, 0.5) is 0 Å². The van der Waals surface area contributed by atoms with E-state index >= 15 is 0 Å². The van der Waals surface area contributed by atoms with E-state index in [2.05, 4.69) is 10.2 Å². The summed E-state index contributed by atoms with van der Waals surface area (Å²) in [5.74, 6) is -0.327. The fourth-order valence-corrected chi connectivity index (χ4v) is 3.30. The second-order valence-electron chi connectivity index (χ2n) is 7.69. The molecule has 1 aromatic rings. The van der Waals surface area contributed by atoms with Gasteiger partial charge in [-0.2, -0.15) is 5.10 Å². The van der Waals surface area contributed by atoms with Gasteiger partial charge in [0.15, 0.2) is 5.69 Å². The Morgan fingerprint density at radius 1 is 1.16 bits per heavy atom. The molecule has 0 spiro atoms. The van der Waals surface area contributed by atoms with Gasteiger partial charge in [0.25, 0.3) is 0 Å². The largest absolute Gasteiger partial charge is 0.461 e. The Labute approximate surface area is 149 Å². The number of carbonyl (C=O) groups is 2. The summed E-state index contributed by atoms with van der Waals surface area (Å²) in [5, 5.41) is 6.75. The van der Waals surface area contributed by atoms with Crippen molar-refractivity contribution in [3.05, 3.63) is 17.0 Å². The summed E-state index contributed by atoms with van der Waals surface area (Å²) in [7, 11) is 0. The maximum Gasteiger partial charge on any atom is 0.359 e. The van der Waals surface area contributed by atoms with E-state index in [1.807, 2.05) is 20.8 Å². The molecule has 6 heteroatoms. The molecule has 0 saturated heterocycles. The van der Waals surface area contributed by atoms with Crippen molar-refractivity contribution in [2.75, 3.05) is 6.61 Å². The highest BCUT2D eigenvalue weighted by molar-refractivity contribution is 5.95. The number of ether oxygens (including phenoxy) is 2. The zero-order valence-corrected chi connectivity index (χ0v) is 15.8. The highest BCUT2D eigenvalue weighted by Gasteiger charge is 2.28. The number of rotatable bonds is 6. The van der Waals surface area contributed by atoms with E-state index in [4.69, 9.17) is 9.47 Å². The fraction of sp³-hybridized carbons (Fsp3) is 0.737. The first-order chi connectivity index (χ1) is 11.8. The topological polar surface area (TPSA) is 81.3 Å². The van der Waals surface area contributed by atoms with Crippen molar-refractivity contribution in [2.45, 2.75) is 78.2 Å². The fourth-order valence-electron chi connectivity index (χ4n) is 3.30. The van der Waals surface area contributed by atoms with E-state index in [9.17, 15) is 9.59 Å². The Balaban J connectivity index is 2.19. The van der Waals surface area contributed by atoms with Gasteiger partial charge in [-0.1, -0.05) is 32.1 Å². The van der Waals surface area contributed by atoms with Crippen molar-refractivity contribution < 1.29 is 19.1 Å². The number of carbonyl (C=O) groups excluding carboxylic acids is 2. The highest BCUT2D eigenvalue weighted by Crippen LogP contribution is 2.29. The van der Waals surface area contributed by atoms with Crippen LogP contribution in [0.5, 0.6) is 0 Å². The molecular formula is C19H30N2O4. The summed E-state index contributed by atoms with van der Waals surface area (Å²) in [6.07, 6.45) is 7.84. The smallest absolute Gasteiger partial charge is 0.359 e. The number of nitrogens with one attached hydrogen (secondary N) is 1. The van der Waals surface area contributed by atoms with Crippen LogP contribution in [-0.4, -0.2) is 34.3 Å². The first-order valence-electron chi connectivity index (χ1n) is 9.29. The van der Waals surface area contributed by atoms with E-state index in [-0.39, 0.29) is 18.0 Å². The molecule has 1 aromatic heterocycles. The van der Waals surface area contributed by atoms with Gasteiger partial charge < -0.3 is 9.47 Å². The third kappa shape index (κ3) is 5.58. The zero-order valence-electron chi connectivity index (χ0n) is 15.8. The van der Waals surface area contributed by atoms with Gasteiger partial charge in [-0.25, -0.2) is 9.59 Å². The van der Waals surface area contributed by atoms with Crippen LogP contribution in [0.15, 0.2) is 0 Å². The van der Waals surface area contributed by atoms with Crippen molar-refractivity contribution in [1.29, 1.82) is 0 Å². The minimum atomic E-state index is -0.610. The summed E-state index contributed by atoms with van der Waals surface area (Å²) in [4.78, 5) is 24.7. The second kappa shape index (κ2) is 8.50.